The Balaban J connectivity index is 2.02. The molecular formula is C20H25NO2S. The van der Waals surface area contributed by atoms with E-state index >= 15 is 0 Å². The van der Waals surface area contributed by atoms with Crippen LogP contribution in [0.5, 0.6) is 0 Å². The van der Waals surface area contributed by atoms with Gasteiger partial charge in [0.25, 0.3) is 0 Å². The molecule has 0 aromatic heterocycles. The van der Waals surface area contributed by atoms with Crippen molar-refractivity contribution >= 4 is 16.1 Å². The van der Waals surface area contributed by atoms with Crippen molar-refractivity contribution in [3.63, 3.8) is 0 Å². The summed E-state index contributed by atoms with van der Waals surface area (Å²) in [5.41, 5.74) is 0.975. The van der Waals surface area contributed by atoms with Crippen LogP contribution in [0.25, 0.3) is 0 Å². The molecule has 128 valence electrons. The van der Waals surface area contributed by atoms with Crippen LogP contribution in [0.2, 0.25) is 0 Å². The first-order valence-corrected chi connectivity index (χ1v) is 10.4. The normalized spacial score (nSPS) is 12.9. The number of carbonyl (C=O) groups is 1. The first kappa shape index (κ1) is 18.1. The van der Waals surface area contributed by atoms with E-state index in [0.717, 1.165) is 5.56 Å². The molecule has 0 aliphatic carbocycles. The van der Waals surface area contributed by atoms with E-state index in [1.807, 2.05) is 54.6 Å². The molecular weight excluding hydrogens is 318 g/mol. The number of ether oxygens (including phenoxy) is 1. The van der Waals surface area contributed by atoms with Crippen molar-refractivity contribution in [1.29, 1.82) is 0 Å². The van der Waals surface area contributed by atoms with Crippen LogP contribution in [0, 0.1) is 0 Å². The first-order chi connectivity index (χ1) is 11.5. The highest BCUT2D eigenvalue weighted by atomic mass is 32.3. The molecule has 3 nitrogen and oxygen atoms in total. The van der Waals surface area contributed by atoms with E-state index in [-0.39, 0.29) is 18.1 Å². The molecule has 1 amide bonds. The second-order valence-corrected chi connectivity index (χ2v) is 9.79. The average molecular weight is 343 g/mol. The number of hydrogen-bond donors (Lipinski definition) is 1. The maximum absolute atomic E-state index is 12.2. The highest BCUT2D eigenvalue weighted by Crippen LogP contribution is 2.53. The molecule has 1 atom stereocenters. The van der Waals surface area contributed by atoms with Gasteiger partial charge in [0.15, 0.2) is 0 Å². The van der Waals surface area contributed by atoms with Crippen LogP contribution in [0.3, 0.4) is 0 Å². The third-order valence-corrected chi connectivity index (χ3v) is 7.15. The predicted octanol–water partition coefficient (Wildman–Crippen LogP) is 4.94. The Morgan fingerprint density at radius 3 is 2.29 bits per heavy atom. The van der Waals surface area contributed by atoms with E-state index in [1.165, 1.54) is 4.90 Å². The quantitative estimate of drug-likeness (QED) is 0.723. The third kappa shape index (κ3) is 4.90. The Hall–Kier alpha value is -2.20. The number of benzene rings is 2. The fourth-order valence-corrected chi connectivity index (χ4v) is 4.63. The van der Waals surface area contributed by atoms with E-state index in [0.29, 0.717) is 6.42 Å². The molecule has 2 aromatic carbocycles. The highest BCUT2D eigenvalue weighted by molar-refractivity contribution is 8.33. The first-order valence-electron chi connectivity index (χ1n) is 7.89. The summed E-state index contributed by atoms with van der Waals surface area (Å²) in [6.45, 7) is 4.10. The van der Waals surface area contributed by atoms with Gasteiger partial charge < -0.3 is 10.1 Å². The standard InChI is InChI=1S/C20H25NO2S/c1-4-11-19(24(2,3)18-14-9-6-10-15-18)21-20(22)23-16-17-12-7-5-8-13-17/h4-10,12-15,19H,1,11,16H2,2-3H3,(H,21,22)/t19-/m1/s1. The summed E-state index contributed by atoms with van der Waals surface area (Å²) in [4.78, 5) is 13.5. The van der Waals surface area contributed by atoms with Crippen molar-refractivity contribution in [3.05, 3.63) is 78.9 Å². The molecule has 0 aliphatic heterocycles. The molecule has 0 unspecified atom stereocenters. The molecule has 0 radical (unpaired) electrons. The predicted molar refractivity (Wildman–Crippen MR) is 103 cm³/mol. The van der Waals surface area contributed by atoms with E-state index in [2.05, 4.69) is 36.5 Å². The van der Waals surface area contributed by atoms with Crippen molar-refractivity contribution < 1.29 is 9.53 Å². The Morgan fingerprint density at radius 2 is 1.71 bits per heavy atom. The second-order valence-electron chi connectivity index (χ2n) is 5.94. The van der Waals surface area contributed by atoms with Crippen LogP contribution in [-0.2, 0) is 11.3 Å². The van der Waals surface area contributed by atoms with Gasteiger partial charge >= 0.3 is 6.09 Å². The number of alkyl carbamates (subject to hydrolysis) is 1. The molecule has 0 spiro atoms. The molecule has 0 saturated heterocycles. The number of rotatable bonds is 7. The largest absolute Gasteiger partial charge is 0.445 e. The van der Waals surface area contributed by atoms with Gasteiger partial charge in [-0.2, -0.15) is 10.0 Å². The van der Waals surface area contributed by atoms with Crippen LogP contribution in [0.1, 0.15) is 12.0 Å². The van der Waals surface area contributed by atoms with Crippen LogP contribution in [0.15, 0.2) is 78.2 Å². The van der Waals surface area contributed by atoms with Gasteiger partial charge in [0.1, 0.15) is 6.61 Å². The zero-order valence-corrected chi connectivity index (χ0v) is 15.1. The van der Waals surface area contributed by atoms with E-state index in [1.54, 1.807) is 0 Å². The number of hydrogen-bond acceptors (Lipinski definition) is 2. The van der Waals surface area contributed by atoms with Gasteiger partial charge in [-0.3, -0.25) is 0 Å². The average Bonchev–Trinajstić information content (AvgIpc) is 2.61. The lowest BCUT2D eigenvalue weighted by atomic mass is 10.2. The molecule has 2 rings (SSSR count). The zero-order valence-electron chi connectivity index (χ0n) is 14.3. The number of carbonyl (C=O) groups excluding carboxylic acids is 1. The van der Waals surface area contributed by atoms with Gasteiger partial charge in [0.2, 0.25) is 0 Å². The molecule has 0 aliphatic rings. The molecule has 1 N–H and O–H groups in total. The summed E-state index contributed by atoms with van der Waals surface area (Å²) in [5, 5.41) is 3.02. The lowest BCUT2D eigenvalue weighted by molar-refractivity contribution is 0.138. The Kier molecular flexibility index (Phi) is 6.50. The fourth-order valence-electron chi connectivity index (χ4n) is 2.43. The molecule has 2 aromatic rings. The summed E-state index contributed by atoms with van der Waals surface area (Å²) in [6, 6.07) is 20.0. The van der Waals surface area contributed by atoms with Gasteiger partial charge in [-0.1, -0.05) is 66.7 Å². The third-order valence-electron chi connectivity index (χ3n) is 3.93. The van der Waals surface area contributed by atoms with E-state index < -0.39 is 10.0 Å². The van der Waals surface area contributed by atoms with E-state index in [4.69, 9.17) is 4.74 Å². The minimum atomic E-state index is -1.22. The molecule has 0 fully saturated rings. The number of nitrogens with one attached hydrogen (secondary N) is 1. The highest BCUT2D eigenvalue weighted by Gasteiger charge is 2.27. The number of amides is 1. The van der Waals surface area contributed by atoms with Crippen molar-refractivity contribution in [2.75, 3.05) is 12.5 Å². The molecule has 0 heterocycles. The SMILES string of the molecule is C=CC[C@H](NC(=O)OCc1ccccc1)S(C)(C)c1ccccc1. The zero-order chi connectivity index (χ0) is 17.4. The molecule has 24 heavy (non-hydrogen) atoms. The Labute approximate surface area is 146 Å². The Morgan fingerprint density at radius 1 is 1.12 bits per heavy atom. The topological polar surface area (TPSA) is 38.3 Å². The maximum Gasteiger partial charge on any atom is 0.408 e. The van der Waals surface area contributed by atoms with Gasteiger partial charge in [0, 0.05) is 0 Å². The summed E-state index contributed by atoms with van der Waals surface area (Å²) in [5.74, 6) is 0. The smallest absolute Gasteiger partial charge is 0.408 e. The van der Waals surface area contributed by atoms with Crippen molar-refractivity contribution in [1.82, 2.24) is 5.32 Å². The van der Waals surface area contributed by atoms with Gasteiger partial charge in [-0.25, -0.2) is 4.79 Å². The molecule has 0 saturated carbocycles. The lowest BCUT2D eigenvalue weighted by Crippen LogP contribution is -2.38. The van der Waals surface area contributed by atoms with Crippen molar-refractivity contribution in [2.24, 2.45) is 0 Å². The van der Waals surface area contributed by atoms with Gasteiger partial charge in [-0.15, -0.1) is 6.58 Å². The van der Waals surface area contributed by atoms with Crippen LogP contribution < -0.4 is 5.32 Å². The van der Waals surface area contributed by atoms with Crippen LogP contribution in [-0.4, -0.2) is 24.0 Å². The minimum absolute atomic E-state index is 0.0133. The summed E-state index contributed by atoms with van der Waals surface area (Å²) in [6.07, 6.45) is 6.57. The van der Waals surface area contributed by atoms with Crippen LogP contribution >= 0.6 is 10.0 Å². The monoisotopic (exact) mass is 343 g/mol. The van der Waals surface area contributed by atoms with Crippen molar-refractivity contribution in [3.8, 4) is 0 Å². The van der Waals surface area contributed by atoms with Gasteiger partial charge in [-0.05, 0) is 29.4 Å². The van der Waals surface area contributed by atoms with Gasteiger partial charge in [0.05, 0.1) is 5.37 Å². The lowest BCUT2D eigenvalue weighted by Gasteiger charge is -2.40. The Bertz CT molecular complexity index is 656. The maximum atomic E-state index is 12.2. The fraction of sp³-hybridized carbons (Fsp3) is 0.250. The summed E-state index contributed by atoms with van der Waals surface area (Å²) in [7, 11) is -1.22. The van der Waals surface area contributed by atoms with E-state index in [9.17, 15) is 4.79 Å². The summed E-state index contributed by atoms with van der Waals surface area (Å²) >= 11 is 0. The van der Waals surface area contributed by atoms with Crippen LogP contribution in [0.4, 0.5) is 4.79 Å². The minimum Gasteiger partial charge on any atom is -0.445 e. The molecule has 4 heteroatoms. The second kappa shape index (κ2) is 8.60. The van der Waals surface area contributed by atoms with Crippen molar-refractivity contribution in [2.45, 2.75) is 23.3 Å². The molecule has 0 bridgehead atoms. The summed E-state index contributed by atoms with van der Waals surface area (Å²) < 4.78 is 5.36.